The van der Waals surface area contributed by atoms with Crippen molar-refractivity contribution < 1.29 is 19.1 Å². The molecule has 1 N–H and O–H groups in total. The van der Waals surface area contributed by atoms with E-state index in [-0.39, 0.29) is 36.6 Å². The number of carbonyl (C=O) groups excluding carboxylic acids is 2. The molecule has 1 amide bonds. The number of hydrogen-bond acceptors (Lipinski definition) is 3. The number of likely N-dealkylation sites (tertiary alicyclic amines) is 1. The molecule has 5 nitrogen and oxygen atoms in total. The average Bonchev–Trinajstić information content (AvgIpc) is 2.75. The van der Waals surface area contributed by atoms with Gasteiger partial charge in [0.15, 0.2) is 5.78 Å². The van der Waals surface area contributed by atoms with Crippen molar-refractivity contribution in [1.29, 1.82) is 0 Å². The van der Waals surface area contributed by atoms with E-state index in [9.17, 15) is 19.1 Å². The Labute approximate surface area is 195 Å². The Kier molecular flexibility index (Phi) is 6.76. The number of aliphatic hydroxyl groups is 1. The van der Waals surface area contributed by atoms with Gasteiger partial charge >= 0.3 is 0 Å². The Morgan fingerprint density at radius 2 is 1.82 bits per heavy atom. The molecule has 1 fully saturated rings. The van der Waals surface area contributed by atoms with Crippen LogP contribution in [0.4, 0.5) is 10.1 Å². The van der Waals surface area contributed by atoms with Crippen LogP contribution in [0.2, 0.25) is 0 Å². The molecule has 1 unspecified atom stereocenters. The van der Waals surface area contributed by atoms with Gasteiger partial charge < -0.3 is 10.0 Å². The molecule has 0 saturated carbocycles. The van der Waals surface area contributed by atoms with Crippen LogP contribution in [0.3, 0.4) is 0 Å². The molecule has 0 spiro atoms. The SMILES string of the molecule is [C-]#[N+]c1ccc(C2(O)CCN(C(=O)CC(C)(C)CC(=O)c3ccccc3)CC2(C)C)cc1F. The summed E-state index contributed by atoms with van der Waals surface area (Å²) in [5, 5.41) is 11.5. The first-order chi connectivity index (χ1) is 15.4. The first kappa shape index (κ1) is 24.6. The van der Waals surface area contributed by atoms with Crippen LogP contribution >= 0.6 is 0 Å². The topological polar surface area (TPSA) is 62.0 Å². The van der Waals surface area contributed by atoms with Crippen molar-refractivity contribution in [1.82, 2.24) is 4.90 Å². The molecule has 2 aromatic carbocycles. The van der Waals surface area contributed by atoms with E-state index in [0.29, 0.717) is 24.2 Å². The lowest BCUT2D eigenvalue weighted by atomic mass is 9.66. The number of halogens is 1. The van der Waals surface area contributed by atoms with Gasteiger partial charge in [0.2, 0.25) is 11.6 Å². The van der Waals surface area contributed by atoms with Crippen LogP contribution in [0.15, 0.2) is 48.5 Å². The fraction of sp³-hybridized carbons (Fsp3) is 0.444. The summed E-state index contributed by atoms with van der Waals surface area (Å²) >= 11 is 0. The van der Waals surface area contributed by atoms with Gasteiger partial charge in [-0.05, 0) is 23.5 Å². The summed E-state index contributed by atoms with van der Waals surface area (Å²) in [7, 11) is 0. The summed E-state index contributed by atoms with van der Waals surface area (Å²) in [5.74, 6) is -0.716. The molecule has 3 rings (SSSR count). The van der Waals surface area contributed by atoms with Gasteiger partial charge in [0, 0.05) is 36.9 Å². The predicted molar refractivity (Wildman–Crippen MR) is 125 cm³/mol. The van der Waals surface area contributed by atoms with Gasteiger partial charge in [0.05, 0.1) is 12.2 Å². The number of rotatable bonds is 6. The van der Waals surface area contributed by atoms with Crippen LogP contribution in [0.5, 0.6) is 0 Å². The Hall–Kier alpha value is -3.04. The highest BCUT2D eigenvalue weighted by atomic mass is 19.1. The third kappa shape index (κ3) is 5.15. The molecule has 1 atom stereocenters. The molecule has 0 bridgehead atoms. The van der Waals surface area contributed by atoms with Crippen molar-refractivity contribution in [2.75, 3.05) is 13.1 Å². The van der Waals surface area contributed by atoms with Gasteiger partial charge in [-0.15, -0.1) is 0 Å². The third-order valence-electron chi connectivity index (χ3n) is 6.71. The van der Waals surface area contributed by atoms with Crippen molar-refractivity contribution in [3.63, 3.8) is 0 Å². The lowest BCUT2D eigenvalue weighted by Gasteiger charge is -2.51. The van der Waals surface area contributed by atoms with Gasteiger partial charge in [0.25, 0.3) is 0 Å². The number of nitrogens with zero attached hydrogens (tertiary/aromatic N) is 2. The second kappa shape index (κ2) is 9.07. The zero-order valence-electron chi connectivity index (χ0n) is 19.7. The van der Waals surface area contributed by atoms with E-state index in [1.807, 2.05) is 45.9 Å². The van der Waals surface area contributed by atoms with E-state index >= 15 is 0 Å². The van der Waals surface area contributed by atoms with Crippen LogP contribution in [-0.2, 0) is 10.4 Å². The van der Waals surface area contributed by atoms with E-state index < -0.39 is 22.2 Å². The number of carbonyl (C=O) groups is 2. The number of hydrogen-bond donors (Lipinski definition) is 1. The first-order valence-corrected chi connectivity index (χ1v) is 11.1. The van der Waals surface area contributed by atoms with Gasteiger partial charge in [-0.1, -0.05) is 70.2 Å². The molecule has 174 valence electrons. The number of ketones is 1. The van der Waals surface area contributed by atoms with Gasteiger partial charge in [0.1, 0.15) is 5.82 Å². The average molecular weight is 451 g/mol. The number of benzene rings is 2. The number of Topliss-reactive ketones (excluding diaryl/α,β-unsaturated/α-hetero) is 1. The quantitative estimate of drug-likeness (QED) is 0.466. The van der Waals surface area contributed by atoms with Crippen molar-refractivity contribution in [2.45, 2.75) is 52.6 Å². The van der Waals surface area contributed by atoms with E-state index in [1.54, 1.807) is 23.1 Å². The standard InChI is InChI=1S/C27H31FN2O3/c1-25(2,16-23(31)19-9-7-6-8-10-19)17-24(32)30-14-13-27(33,26(3,4)18-30)20-11-12-22(29-5)21(28)15-20/h6-12,15,33H,13-14,16-18H2,1-4H3. The van der Waals surface area contributed by atoms with Crippen LogP contribution in [0.1, 0.15) is 62.9 Å². The minimum absolute atomic E-state index is 0.00615. The Morgan fingerprint density at radius 1 is 1.15 bits per heavy atom. The largest absolute Gasteiger partial charge is 0.384 e. The molecule has 2 aromatic rings. The molecular formula is C27H31FN2O3. The van der Waals surface area contributed by atoms with Crippen molar-refractivity contribution in [3.8, 4) is 0 Å². The zero-order valence-corrected chi connectivity index (χ0v) is 19.7. The maximum atomic E-state index is 14.2. The minimum Gasteiger partial charge on any atom is -0.384 e. The van der Waals surface area contributed by atoms with E-state index in [1.165, 1.54) is 12.1 Å². The highest BCUT2D eigenvalue weighted by molar-refractivity contribution is 5.96. The first-order valence-electron chi connectivity index (χ1n) is 11.1. The van der Waals surface area contributed by atoms with E-state index in [0.717, 1.165) is 0 Å². The normalized spacial score (nSPS) is 20.2. The number of amides is 1. The molecule has 33 heavy (non-hydrogen) atoms. The predicted octanol–water partition coefficient (Wildman–Crippen LogP) is 5.51. The molecule has 1 heterocycles. The summed E-state index contributed by atoms with van der Waals surface area (Å²) in [5.41, 5.74) is -1.61. The maximum Gasteiger partial charge on any atom is 0.223 e. The number of piperidine rings is 1. The summed E-state index contributed by atoms with van der Waals surface area (Å²) < 4.78 is 14.2. The monoisotopic (exact) mass is 450 g/mol. The van der Waals surface area contributed by atoms with Crippen LogP contribution in [0, 0.1) is 23.2 Å². The molecule has 1 saturated heterocycles. The molecular weight excluding hydrogens is 419 g/mol. The van der Waals surface area contributed by atoms with E-state index in [2.05, 4.69) is 4.85 Å². The smallest absolute Gasteiger partial charge is 0.223 e. The Bertz CT molecular complexity index is 1090. The lowest BCUT2D eigenvalue weighted by molar-refractivity contribution is -0.154. The van der Waals surface area contributed by atoms with Gasteiger partial charge in [-0.3, -0.25) is 9.59 Å². The van der Waals surface area contributed by atoms with Gasteiger partial charge in [-0.2, -0.15) is 0 Å². The van der Waals surface area contributed by atoms with E-state index in [4.69, 9.17) is 6.57 Å². The highest BCUT2D eigenvalue weighted by Gasteiger charge is 2.50. The molecule has 0 aliphatic carbocycles. The summed E-state index contributed by atoms with van der Waals surface area (Å²) in [4.78, 5) is 30.6. The summed E-state index contributed by atoms with van der Waals surface area (Å²) in [6, 6.07) is 13.3. The van der Waals surface area contributed by atoms with Crippen molar-refractivity contribution in [3.05, 3.63) is 76.9 Å². The second-order valence-electron chi connectivity index (χ2n) is 10.4. The fourth-order valence-corrected chi connectivity index (χ4v) is 4.67. The fourth-order valence-electron chi connectivity index (χ4n) is 4.67. The molecule has 1 aliphatic heterocycles. The minimum atomic E-state index is -1.33. The summed E-state index contributed by atoms with van der Waals surface area (Å²) in [6.45, 7) is 15.2. The van der Waals surface area contributed by atoms with Crippen molar-refractivity contribution in [2.24, 2.45) is 10.8 Å². The maximum absolute atomic E-state index is 14.2. The third-order valence-corrected chi connectivity index (χ3v) is 6.71. The Morgan fingerprint density at radius 3 is 2.39 bits per heavy atom. The van der Waals surface area contributed by atoms with Gasteiger partial charge in [-0.25, -0.2) is 9.24 Å². The molecule has 6 heteroatoms. The van der Waals surface area contributed by atoms with Crippen LogP contribution < -0.4 is 0 Å². The van der Waals surface area contributed by atoms with Crippen LogP contribution in [0.25, 0.3) is 4.85 Å². The molecule has 0 radical (unpaired) electrons. The second-order valence-corrected chi connectivity index (χ2v) is 10.4. The Balaban J connectivity index is 1.70. The zero-order chi connectivity index (χ0) is 24.4. The summed E-state index contributed by atoms with van der Waals surface area (Å²) in [6.07, 6.45) is 0.733. The molecule has 1 aliphatic rings. The molecule has 0 aromatic heterocycles. The highest BCUT2D eigenvalue weighted by Crippen LogP contribution is 2.47. The lowest BCUT2D eigenvalue weighted by Crippen LogP contribution is -2.57. The van der Waals surface area contributed by atoms with Crippen LogP contribution in [-0.4, -0.2) is 34.8 Å². The van der Waals surface area contributed by atoms with Crippen molar-refractivity contribution >= 4 is 17.4 Å².